The van der Waals surface area contributed by atoms with Crippen LogP contribution in [-0.2, 0) is 9.59 Å². The third-order valence-electron chi connectivity index (χ3n) is 7.94. The number of benzene rings is 5. The van der Waals surface area contributed by atoms with Crippen LogP contribution in [0.1, 0.15) is 50.5 Å². The smallest absolute Gasteiger partial charge is 0.311 e. The molecular weight excluding hydrogens is 653 g/mol. The number of rotatable bonds is 13. The molecule has 5 nitrogen and oxygen atoms in total. The second-order valence-corrected chi connectivity index (χ2v) is 11.5. The molecule has 0 radical (unpaired) electrons. The van der Waals surface area contributed by atoms with Gasteiger partial charge in [-0.2, -0.15) is 5.26 Å². The highest BCUT2D eigenvalue weighted by molar-refractivity contribution is 5.75. The molecule has 0 N–H and O–H groups in total. The summed E-state index contributed by atoms with van der Waals surface area (Å²) >= 11 is 0. The van der Waals surface area contributed by atoms with Gasteiger partial charge in [-0.3, -0.25) is 9.59 Å². The predicted octanol–water partition coefficient (Wildman–Crippen LogP) is 10.5. The molecule has 0 saturated heterocycles. The summed E-state index contributed by atoms with van der Waals surface area (Å²) < 4.78 is 81.3. The third-order valence-corrected chi connectivity index (χ3v) is 7.94. The first kappa shape index (κ1) is 35.5. The lowest BCUT2D eigenvalue weighted by molar-refractivity contribution is -0.135. The number of hydrogen-bond acceptors (Lipinski definition) is 5. The van der Waals surface area contributed by atoms with Crippen LogP contribution in [0.5, 0.6) is 11.5 Å². The lowest BCUT2D eigenvalue weighted by atomic mass is 9.98. The van der Waals surface area contributed by atoms with Crippen molar-refractivity contribution in [1.82, 2.24) is 0 Å². The highest BCUT2D eigenvalue weighted by atomic mass is 19.1. The van der Waals surface area contributed by atoms with Crippen LogP contribution in [0.4, 0.5) is 22.0 Å². The molecule has 5 rings (SSSR count). The summed E-state index contributed by atoms with van der Waals surface area (Å²) in [4.78, 5) is 24.5. The Morgan fingerprint density at radius 3 is 1.54 bits per heavy atom. The van der Waals surface area contributed by atoms with Crippen LogP contribution in [0, 0.1) is 40.4 Å². The van der Waals surface area contributed by atoms with Gasteiger partial charge in [0.15, 0.2) is 0 Å². The summed E-state index contributed by atoms with van der Waals surface area (Å²) in [6.45, 7) is 0. The Morgan fingerprint density at radius 2 is 0.960 bits per heavy atom. The maximum Gasteiger partial charge on any atom is 0.311 e. The standard InChI is InChI=1S/C40H30F5NO4/c41-29-13-8-26(9-14-29)32-19-17-31(23-38(32)45)50-40(48)7-5-3-1-2-4-6-39(47)49-30-15-10-25(11-16-30)27-12-18-33(35(42)20-27)28-21-36(43)34(24-46)37(44)22-28/h8-23H,1-7H2. The summed E-state index contributed by atoms with van der Waals surface area (Å²) in [5, 5.41) is 8.85. The van der Waals surface area contributed by atoms with Crippen molar-refractivity contribution in [2.75, 3.05) is 0 Å². The molecule has 0 saturated carbocycles. The molecule has 0 unspecified atom stereocenters. The number of unbranched alkanes of at least 4 members (excludes halogenated alkanes) is 4. The van der Waals surface area contributed by atoms with Crippen molar-refractivity contribution >= 4 is 11.9 Å². The average Bonchev–Trinajstić information content (AvgIpc) is 3.08. The number of carbonyl (C=O) groups is 2. The van der Waals surface area contributed by atoms with Gasteiger partial charge >= 0.3 is 11.9 Å². The maximum absolute atomic E-state index is 14.9. The van der Waals surface area contributed by atoms with Gasteiger partial charge in [0.2, 0.25) is 0 Å². The molecule has 0 spiro atoms. The minimum absolute atomic E-state index is 0.0234. The van der Waals surface area contributed by atoms with Gasteiger partial charge in [-0.25, -0.2) is 22.0 Å². The fourth-order valence-electron chi connectivity index (χ4n) is 5.34. The fourth-order valence-corrected chi connectivity index (χ4v) is 5.34. The number of esters is 2. The zero-order chi connectivity index (χ0) is 35.6. The second-order valence-electron chi connectivity index (χ2n) is 11.5. The van der Waals surface area contributed by atoms with E-state index in [0.717, 1.165) is 37.5 Å². The Bertz CT molecular complexity index is 2020. The van der Waals surface area contributed by atoms with Crippen molar-refractivity contribution in [3.05, 3.63) is 132 Å². The van der Waals surface area contributed by atoms with E-state index in [2.05, 4.69) is 0 Å². The molecule has 0 aromatic heterocycles. The van der Waals surface area contributed by atoms with Crippen molar-refractivity contribution in [1.29, 1.82) is 5.26 Å². The largest absolute Gasteiger partial charge is 0.427 e. The lowest BCUT2D eigenvalue weighted by Gasteiger charge is -2.09. The molecule has 0 atom stereocenters. The van der Waals surface area contributed by atoms with Gasteiger partial charge in [0.25, 0.3) is 0 Å². The Labute approximate surface area is 285 Å². The van der Waals surface area contributed by atoms with Crippen molar-refractivity contribution in [3.8, 4) is 50.9 Å². The van der Waals surface area contributed by atoms with Crippen LogP contribution in [0.3, 0.4) is 0 Å². The van der Waals surface area contributed by atoms with Crippen LogP contribution >= 0.6 is 0 Å². The summed E-state index contributed by atoms with van der Waals surface area (Å²) in [5.41, 5.74) is 1.11. The summed E-state index contributed by atoms with van der Waals surface area (Å²) in [6, 6.07) is 23.5. The van der Waals surface area contributed by atoms with Crippen LogP contribution < -0.4 is 9.47 Å². The van der Waals surface area contributed by atoms with Crippen molar-refractivity contribution in [2.45, 2.75) is 44.9 Å². The van der Waals surface area contributed by atoms with Gasteiger partial charge in [0.05, 0.1) is 0 Å². The topological polar surface area (TPSA) is 76.4 Å². The van der Waals surface area contributed by atoms with Gasteiger partial charge in [-0.05, 0) is 89.7 Å². The second kappa shape index (κ2) is 16.5. The van der Waals surface area contributed by atoms with E-state index in [9.17, 15) is 31.5 Å². The first-order chi connectivity index (χ1) is 24.1. The molecule has 50 heavy (non-hydrogen) atoms. The van der Waals surface area contributed by atoms with E-state index in [0.29, 0.717) is 35.3 Å². The van der Waals surface area contributed by atoms with E-state index in [1.54, 1.807) is 30.3 Å². The van der Waals surface area contributed by atoms with Gasteiger partial charge in [-0.1, -0.05) is 55.7 Å². The monoisotopic (exact) mass is 683 g/mol. The number of halogens is 5. The maximum atomic E-state index is 14.9. The normalized spacial score (nSPS) is 10.8. The SMILES string of the molecule is N#Cc1c(F)cc(-c2ccc(-c3ccc(OC(=O)CCCCCCCC(=O)Oc4ccc(-c5ccc(F)cc5)c(F)c4)cc3)cc2F)cc1F. The molecule has 0 aliphatic carbocycles. The molecule has 5 aromatic rings. The van der Waals surface area contributed by atoms with Gasteiger partial charge in [0, 0.05) is 30.0 Å². The zero-order valence-corrected chi connectivity index (χ0v) is 26.7. The summed E-state index contributed by atoms with van der Waals surface area (Å²) in [6.07, 6.45) is 3.82. The first-order valence-electron chi connectivity index (χ1n) is 15.9. The number of hydrogen-bond donors (Lipinski definition) is 0. The molecule has 0 amide bonds. The number of ether oxygens (including phenoxy) is 2. The number of nitrogens with zero attached hydrogens (tertiary/aromatic N) is 1. The van der Waals surface area contributed by atoms with E-state index in [1.165, 1.54) is 54.6 Å². The van der Waals surface area contributed by atoms with Crippen molar-refractivity contribution in [3.63, 3.8) is 0 Å². The Morgan fingerprint density at radius 1 is 0.500 bits per heavy atom. The Kier molecular flexibility index (Phi) is 11.7. The molecule has 0 heterocycles. The Hall–Kier alpha value is -5.82. The third kappa shape index (κ3) is 9.20. The molecule has 0 bridgehead atoms. The molecule has 5 aromatic carbocycles. The van der Waals surface area contributed by atoms with Gasteiger partial charge in [-0.15, -0.1) is 0 Å². The lowest BCUT2D eigenvalue weighted by Crippen LogP contribution is -2.08. The minimum atomic E-state index is -1.07. The molecule has 0 aliphatic heterocycles. The molecule has 0 fully saturated rings. The van der Waals surface area contributed by atoms with E-state index in [1.807, 2.05) is 0 Å². The molecule has 254 valence electrons. The van der Waals surface area contributed by atoms with Crippen LogP contribution in [0.2, 0.25) is 0 Å². The van der Waals surface area contributed by atoms with Crippen LogP contribution in [0.25, 0.3) is 33.4 Å². The van der Waals surface area contributed by atoms with E-state index >= 15 is 0 Å². The van der Waals surface area contributed by atoms with Crippen LogP contribution in [-0.4, -0.2) is 11.9 Å². The predicted molar refractivity (Wildman–Crippen MR) is 177 cm³/mol. The van der Waals surface area contributed by atoms with Gasteiger partial charge < -0.3 is 9.47 Å². The zero-order valence-electron chi connectivity index (χ0n) is 26.7. The molecular formula is C40H30F5NO4. The summed E-state index contributed by atoms with van der Waals surface area (Å²) in [5.74, 6) is -4.33. The highest BCUT2D eigenvalue weighted by Gasteiger charge is 2.15. The van der Waals surface area contributed by atoms with Gasteiger partial charge in [0.1, 0.15) is 52.2 Å². The quantitative estimate of drug-likeness (QED) is 0.0534. The summed E-state index contributed by atoms with van der Waals surface area (Å²) in [7, 11) is 0. The number of carbonyl (C=O) groups excluding carboxylic acids is 2. The molecule has 0 aliphatic rings. The Balaban J connectivity index is 0.994. The first-order valence-corrected chi connectivity index (χ1v) is 15.9. The van der Waals surface area contributed by atoms with Crippen LogP contribution in [0.15, 0.2) is 97.1 Å². The number of nitriles is 1. The highest BCUT2D eigenvalue weighted by Crippen LogP contribution is 2.31. The fraction of sp³-hybridized carbons (Fsp3) is 0.175. The van der Waals surface area contributed by atoms with Crippen molar-refractivity contribution < 1.29 is 41.0 Å². The average molecular weight is 684 g/mol. The minimum Gasteiger partial charge on any atom is -0.427 e. The van der Waals surface area contributed by atoms with E-state index in [4.69, 9.17) is 14.7 Å². The van der Waals surface area contributed by atoms with E-state index in [-0.39, 0.29) is 35.3 Å². The van der Waals surface area contributed by atoms with Crippen molar-refractivity contribution in [2.24, 2.45) is 0 Å². The van der Waals surface area contributed by atoms with E-state index < -0.39 is 46.6 Å². The molecule has 10 heteroatoms.